The van der Waals surface area contributed by atoms with Crippen LogP contribution in [0.25, 0.3) is 11.0 Å². The average molecular weight is 411 g/mol. The molecule has 3 rings (SSSR count). The highest BCUT2D eigenvalue weighted by Crippen LogP contribution is 2.29. The van der Waals surface area contributed by atoms with Crippen LogP contribution in [-0.2, 0) is 6.18 Å². The van der Waals surface area contributed by atoms with E-state index in [0.29, 0.717) is 5.58 Å². The molecule has 0 saturated carbocycles. The van der Waals surface area contributed by atoms with Gasteiger partial charge in [0.25, 0.3) is 0 Å². The molecule has 2 aromatic carbocycles. The Kier molecular flexibility index (Phi) is 4.63. The molecule has 1 amide bonds. The molecule has 0 aliphatic heterocycles. The fourth-order valence-electron chi connectivity index (χ4n) is 2.14. The zero-order chi connectivity index (χ0) is 18.0. The third kappa shape index (κ3) is 4.08. The van der Waals surface area contributed by atoms with Crippen LogP contribution in [0.1, 0.15) is 21.7 Å². The van der Waals surface area contributed by atoms with Crippen LogP contribution in [-0.4, -0.2) is 12.1 Å². The van der Waals surface area contributed by atoms with Gasteiger partial charge in [-0.15, -0.1) is 0 Å². The second-order valence-corrected chi connectivity index (χ2v) is 6.03. The molecule has 25 heavy (non-hydrogen) atoms. The second kappa shape index (κ2) is 6.72. The predicted molar refractivity (Wildman–Crippen MR) is 90.4 cm³/mol. The van der Waals surface area contributed by atoms with E-state index in [1.54, 1.807) is 24.3 Å². The molecule has 0 radical (unpaired) electrons. The van der Waals surface area contributed by atoms with Gasteiger partial charge in [0.05, 0.1) is 11.8 Å². The monoisotopic (exact) mass is 410 g/mol. The van der Waals surface area contributed by atoms with Crippen LogP contribution in [0.4, 0.5) is 13.2 Å². The molecule has 1 heterocycles. The average Bonchev–Trinajstić information content (AvgIpc) is 2.97. The van der Waals surface area contributed by atoms with Crippen molar-refractivity contribution in [1.29, 1.82) is 0 Å². The zero-order valence-corrected chi connectivity index (χ0v) is 14.1. The van der Waals surface area contributed by atoms with E-state index in [4.69, 9.17) is 4.42 Å². The Morgan fingerprint density at radius 3 is 2.72 bits per heavy atom. The number of amides is 1. The number of halogens is 4. The number of carbonyl (C=O) groups is 1. The molecule has 0 saturated heterocycles. The Balaban J connectivity index is 1.72. The number of hydrogen-bond acceptors (Lipinski definition) is 3. The number of fused-ring (bicyclic) bond motifs is 1. The summed E-state index contributed by atoms with van der Waals surface area (Å²) in [4.78, 5) is 12.0. The number of rotatable bonds is 3. The van der Waals surface area contributed by atoms with E-state index in [1.165, 1.54) is 12.1 Å². The Bertz CT molecular complexity index is 964. The summed E-state index contributed by atoms with van der Waals surface area (Å²) < 4.78 is 44.2. The number of hydrogen-bond donors (Lipinski definition) is 1. The van der Waals surface area contributed by atoms with Crippen molar-refractivity contribution in [1.82, 2.24) is 5.43 Å². The fourth-order valence-corrected chi connectivity index (χ4v) is 2.52. The van der Waals surface area contributed by atoms with Gasteiger partial charge in [-0.1, -0.05) is 28.1 Å². The van der Waals surface area contributed by atoms with Gasteiger partial charge < -0.3 is 4.42 Å². The first kappa shape index (κ1) is 17.2. The first-order chi connectivity index (χ1) is 11.8. The first-order valence-corrected chi connectivity index (χ1v) is 7.82. The molecular weight excluding hydrogens is 401 g/mol. The summed E-state index contributed by atoms with van der Waals surface area (Å²) in [6, 6.07) is 11.4. The molecule has 0 atom stereocenters. The molecule has 0 aliphatic rings. The quantitative estimate of drug-likeness (QED) is 0.489. The highest BCUT2D eigenvalue weighted by molar-refractivity contribution is 9.10. The van der Waals surface area contributed by atoms with Crippen LogP contribution in [0.3, 0.4) is 0 Å². The number of nitrogens with one attached hydrogen (secondary N) is 1. The minimum Gasteiger partial charge on any atom is -0.451 e. The van der Waals surface area contributed by atoms with Crippen LogP contribution in [0.2, 0.25) is 0 Å². The molecule has 0 spiro atoms. The van der Waals surface area contributed by atoms with E-state index in [9.17, 15) is 18.0 Å². The number of carbonyl (C=O) groups excluding carboxylic acids is 1. The lowest BCUT2D eigenvalue weighted by Gasteiger charge is -2.06. The summed E-state index contributed by atoms with van der Waals surface area (Å²) in [6.07, 6.45) is -3.30. The summed E-state index contributed by atoms with van der Waals surface area (Å²) in [5.74, 6) is -0.551. The summed E-state index contributed by atoms with van der Waals surface area (Å²) in [5.41, 5.74) is 2.19. The molecule has 8 heteroatoms. The summed E-state index contributed by atoms with van der Waals surface area (Å²) in [6.45, 7) is 0. The van der Waals surface area contributed by atoms with Gasteiger partial charge >= 0.3 is 12.1 Å². The highest BCUT2D eigenvalue weighted by atomic mass is 79.9. The number of benzene rings is 2. The maximum absolute atomic E-state index is 12.6. The van der Waals surface area contributed by atoms with Crippen molar-refractivity contribution in [3.63, 3.8) is 0 Å². The fraction of sp³-hybridized carbons (Fsp3) is 0.0588. The maximum atomic E-state index is 12.6. The molecule has 0 aliphatic carbocycles. The largest absolute Gasteiger partial charge is 0.451 e. The molecular formula is C17H10BrF3N2O2. The van der Waals surface area contributed by atoms with Crippen molar-refractivity contribution in [3.8, 4) is 0 Å². The summed E-state index contributed by atoms with van der Waals surface area (Å²) in [5, 5.41) is 4.41. The molecule has 0 bridgehead atoms. The molecule has 0 unspecified atom stereocenters. The van der Waals surface area contributed by atoms with Crippen molar-refractivity contribution >= 4 is 39.0 Å². The van der Waals surface area contributed by atoms with Crippen LogP contribution in [0.5, 0.6) is 0 Å². The van der Waals surface area contributed by atoms with Crippen molar-refractivity contribution in [2.45, 2.75) is 6.18 Å². The lowest BCUT2D eigenvalue weighted by atomic mass is 10.1. The van der Waals surface area contributed by atoms with Crippen LogP contribution >= 0.6 is 15.9 Å². The molecule has 128 valence electrons. The second-order valence-electron chi connectivity index (χ2n) is 5.12. The van der Waals surface area contributed by atoms with Gasteiger partial charge in [-0.2, -0.15) is 18.3 Å². The van der Waals surface area contributed by atoms with Gasteiger partial charge in [-0.05, 0) is 42.0 Å². The van der Waals surface area contributed by atoms with Gasteiger partial charge in [-0.25, -0.2) is 5.43 Å². The minimum absolute atomic E-state index is 0.0503. The van der Waals surface area contributed by atoms with Crippen LogP contribution in [0, 0.1) is 0 Å². The molecule has 4 nitrogen and oxygen atoms in total. The Morgan fingerprint density at radius 2 is 1.96 bits per heavy atom. The van der Waals surface area contributed by atoms with Crippen molar-refractivity contribution in [2.75, 3.05) is 0 Å². The van der Waals surface area contributed by atoms with Gasteiger partial charge in [0, 0.05) is 9.86 Å². The number of alkyl halides is 3. The first-order valence-electron chi connectivity index (χ1n) is 7.03. The van der Waals surface area contributed by atoms with E-state index in [1.807, 2.05) is 0 Å². The van der Waals surface area contributed by atoms with Crippen LogP contribution in [0.15, 0.2) is 62.5 Å². The Hall–Kier alpha value is -2.61. The summed E-state index contributed by atoms with van der Waals surface area (Å²) in [7, 11) is 0. The Morgan fingerprint density at radius 1 is 1.16 bits per heavy atom. The molecule has 1 N–H and O–H groups in total. The summed E-state index contributed by atoms with van der Waals surface area (Å²) >= 11 is 3.32. The van der Waals surface area contributed by atoms with Gasteiger partial charge in [0.2, 0.25) is 0 Å². The predicted octanol–water partition coefficient (Wildman–Crippen LogP) is 4.98. The van der Waals surface area contributed by atoms with Crippen LogP contribution < -0.4 is 5.43 Å². The third-order valence-electron chi connectivity index (χ3n) is 3.30. The van der Waals surface area contributed by atoms with E-state index in [0.717, 1.165) is 28.2 Å². The topological polar surface area (TPSA) is 54.6 Å². The lowest BCUT2D eigenvalue weighted by Crippen LogP contribution is -2.16. The number of hydrazone groups is 1. The minimum atomic E-state index is -4.43. The number of furan rings is 1. The van der Waals surface area contributed by atoms with E-state index in [-0.39, 0.29) is 11.3 Å². The zero-order valence-electron chi connectivity index (χ0n) is 12.5. The maximum Gasteiger partial charge on any atom is 0.416 e. The molecule has 0 fully saturated rings. The van der Waals surface area contributed by atoms with Crippen molar-refractivity contribution in [2.24, 2.45) is 5.10 Å². The van der Waals surface area contributed by atoms with Gasteiger partial charge in [0.15, 0.2) is 5.76 Å². The normalized spacial score (nSPS) is 12.0. The van der Waals surface area contributed by atoms with Gasteiger partial charge in [-0.3, -0.25) is 4.79 Å². The van der Waals surface area contributed by atoms with Crippen molar-refractivity contribution in [3.05, 3.63) is 69.9 Å². The smallest absolute Gasteiger partial charge is 0.416 e. The number of nitrogens with zero attached hydrogens (tertiary/aromatic N) is 1. The van der Waals surface area contributed by atoms with Crippen molar-refractivity contribution < 1.29 is 22.4 Å². The Labute approximate surface area is 148 Å². The van der Waals surface area contributed by atoms with Gasteiger partial charge in [0.1, 0.15) is 5.58 Å². The van der Waals surface area contributed by atoms with E-state index < -0.39 is 17.6 Å². The lowest BCUT2D eigenvalue weighted by molar-refractivity contribution is -0.137. The standard InChI is InChI=1S/C17H10BrF3N2O2/c18-13-4-5-14-11(7-13)8-15(25-14)16(24)23-22-9-10-2-1-3-12(6-10)17(19,20)21/h1-9H,(H,23,24)/b22-9+. The van der Waals surface area contributed by atoms with E-state index >= 15 is 0 Å². The third-order valence-corrected chi connectivity index (χ3v) is 3.79. The SMILES string of the molecule is O=C(N/N=C/c1cccc(C(F)(F)F)c1)c1cc2cc(Br)ccc2o1. The molecule has 1 aromatic heterocycles. The molecule has 3 aromatic rings. The van der Waals surface area contributed by atoms with E-state index in [2.05, 4.69) is 26.5 Å². The highest BCUT2D eigenvalue weighted by Gasteiger charge is 2.30.